The van der Waals surface area contributed by atoms with Gasteiger partial charge in [-0.3, -0.25) is 5.10 Å². The number of benzene rings is 1. The van der Waals surface area contributed by atoms with E-state index in [1.807, 2.05) is 0 Å². The number of hydrogen-bond acceptors (Lipinski definition) is 6. The number of phenolic OH excluding ortho intramolecular Hbond substituents is 1. The summed E-state index contributed by atoms with van der Waals surface area (Å²) in [6.07, 6.45) is 4.78. The monoisotopic (exact) mass is 413 g/mol. The molecule has 2 aromatic heterocycles. The third-order valence-corrected chi connectivity index (χ3v) is 5.86. The van der Waals surface area contributed by atoms with Gasteiger partial charge in [0.2, 0.25) is 5.88 Å². The maximum Gasteiger partial charge on any atom is 0.233 e. The van der Waals surface area contributed by atoms with Gasteiger partial charge in [-0.1, -0.05) is 6.42 Å². The third-order valence-electron chi connectivity index (χ3n) is 5.86. The molecule has 2 aliphatic rings. The summed E-state index contributed by atoms with van der Waals surface area (Å²) >= 11 is 0. The average Bonchev–Trinajstić information content (AvgIpc) is 3.29. The molecule has 2 saturated heterocycles. The van der Waals surface area contributed by atoms with E-state index in [2.05, 4.69) is 25.7 Å². The first-order chi connectivity index (χ1) is 14.6. The highest BCUT2D eigenvalue weighted by Crippen LogP contribution is 2.35. The number of phenols is 1. The number of nitrogens with zero attached hydrogens (tertiary/aromatic N) is 3. The Morgan fingerprint density at radius 3 is 2.80 bits per heavy atom. The Hall–Kier alpha value is -3.07. The van der Waals surface area contributed by atoms with E-state index >= 15 is 0 Å². The highest BCUT2D eigenvalue weighted by Gasteiger charge is 2.41. The van der Waals surface area contributed by atoms with E-state index < -0.39 is 18.1 Å². The Kier molecular flexibility index (Phi) is 4.82. The molecule has 0 amide bonds. The van der Waals surface area contributed by atoms with E-state index in [0.29, 0.717) is 12.0 Å². The number of aromatic amines is 1. The molecule has 2 bridgehead atoms. The van der Waals surface area contributed by atoms with Gasteiger partial charge in [0.1, 0.15) is 17.7 Å². The average molecular weight is 413 g/mol. The number of aromatic hydroxyl groups is 1. The molecule has 0 radical (unpaired) electrons. The summed E-state index contributed by atoms with van der Waals surface area (Å²) in [4.78, 5) is 0. The lowest BCUT2D eigenvalue weighted by Gasteiger charge is -2.42. The second-order valence-electron chi connectivity index (χ2n) is 7.83. The number of nitrogens with one attached hydrogen (secondary N) is 2. The summed E-state index contributed by atoms with van der Waals surface area (Å²) < 4.78 is 35.0. The van der Waals surface area contributed by atoms with E-state index in [4.69, 9.17) is 4.74 Å². The van der Waals surface area contributed by atoms with E-state index in [1.165, 1.54) is 24.5 Å². The Balaban J connectivity index is 1.35. The predicted octanol–water partition coefficient (Wildman–Crippen LogP) is 3.38. The van der Waals surface area contributed by atoms with Crippen molar-refractivity contribution >= 4 is 0 Å². The number of piperidine rings is 2. The first-order valence-corrected chi connectivity index (χ1v) is 10.0. The molecule has 2 fully saturated rings. The van der Waals surface area contributed by atoms with Crippen LogP contribution < -0.4 is 10.1 Å². The van der Waals surface area contributed by atoms with Crippen LogP contribution in [0.3, 0.4) is 0 Å². The summed E-state index contributed by atoms with van der Waals surface area (Å²) in [6.45, 7) is 0. The minimum absolute atomic E-state index is 0.134. The molecular formula is C21H21F2N5O2. The van der Waals surface area contributed by atoms with Crippen LogP contribution in [0.5, 0.6) is 11.6 Å². The van der Waals surface area contributed by atoms with Crippen molar-refractivity contribution in [1.29, 1.82) is 0 Å². The van der Waals surface area contributed by atoms with Gasteiger partial charge in [-0.15, -0.1) is 10.2 Å². The maximum atomic E-state index is 14.7. The van der Waals surface area contributed by atoms with Gasteiger partial charge < -0.3 is 15.2 Å². The molecule has 156 valence electrons. The number of ether oxygens (including phenoxy) is 1. The second kappa shape index (κ2) is 7.64. The van der Waals surface area contributed by atoms with Gasteiger partial charge in [-0.2, -0.15) is 5.10 Å². The summed E-state index contributed by atoms with van der Waals surface area (Å²) in [5, 5.41) is 28.2. The van der Waals surface area contributed by atoms with Gasteiger partial charge in [0.05, 0.1) is 11.9 Å². The number of halogens is 2. The third kappa shape index (κ3) is 3.49. The molecule has 3 N–H and O–H groups in total. The topological polar surface area (TPSA) is 96.0 Å². The molecule has 4 heterocycles. The minimum atomic E-state index is -1.10. The lowest BCUT2D eigenvalue weighted by molar-refractivity contribution is 0.00652. The zero-order chi connectivity index (χ0) is 20.7. The summed E-state index contributed by atoms with van der Waals surface area (Å²) in [7, 11) is 0. The molecule has 2 aliphatic heterocycles. The Labute approximate surface area is 171 Å². The number of aromatic nitrogens is 4. The van der Waals surface area contributed by atoms with Crippen molar-refractivity contribution in [3.05, 3.63) is 42.5 Å². The summed E-state index contributed by atoms with van der Waals surface area (Å²) in [6, 6.07) is 5.75. The Morgan fingerprint density at radius 2 is 2.03 bits per heavy atom. The zero-order valence-corrected chi connectivity index (χ0v) is 16.1. The molecule has 9 heteroatoms. The Bertz CT molecular complexity index is 1030. The van der Waals surface area contributed by atoms with Crippen molar-refractivity contribution in [3.8, 4) is 34.0 Å². The fourth-order valence-corrected chi connectivity index (χ4v) is 4.34. The molecule has 7 nitrogen and oxygen atoms in total. The normalized spacial score (nSPS) is 25.8. The molecular weight excluding hydrogens is 392 g/mol. The molecule has 5 rings (SSSR count). The van der Waals surface area contributed by atoms with Crippen molar-refractivity contribution in [3.63, 3.8) is 0 Å². The van der Waals surface area contributed by atoms with Crippen LogP contribution in [0, 0.1) is 5.82 Å². The first-order valence-electron chi connectivity index (χ1n) is 10.0. The van der Waals surface area contributed by atoms with Crippen molar-refractivity contribution in [2.45, 2.75) is 50.0 Å². The molecule has 1 aromatic carbocycles. The van der Waals surface area contributed by atoms with Gasteiger partial charge in [0.25, 0.3) is 0 Å². The molecule has 0 spiro atoms. The van der Waals surface area contributed by atoms with E-state index in [9.17, 15) is 13.9 Å². The molecule has 30 heavy (non-hydrogen) atoms. The van der Waals surface area contributed by atoms with Crippen LogP contribution in [-0.4, -0.2) is 49.9 Å². The van der Waals surface area contributed by atoms with Crippen molar-refractivity contribution in [1.82, 2.24) is 25.7 Å². The van der Waals surface area contributed by atoms with Crippen LogP contribution in [0.25, 0.3) is 22.4 Å². The quantitative estimate of drug-likeness (QED) is 0.607. The fourth-order valence-electron chi connectivity index (χ4n) is 4.34. The molecule has 0 saturated carbocycles. The standard InChI is InChI=1S/C21H21F2N5O2/c22-15-7-14(18(29)8-13(15)11-9-24-25-10-11)16-4-5-20(28-27-16)30-19-6-12-2-1-3-17(26-12)21(19)23/h4-5,7-10,12,17,19,21,26,29H,1-3,6H2,(H,24,25)/t12?,17?,19-,21+/m1/s1. The van der Waals surface area contributed by atoms with Crippen LogP contribution in [0.15, 0.2) is 36.7 Å². The van der Waals surface area contributed by atoms with E-state index in [1.54, 1.807) is 12.1 Å². The van der Waals surface area contributed by atoms with Crippen LogP contribution in [-0.2, 0) is 0 Å². The summed E-state index contributed by atoms with van der Waals surface area (Å²) in [5.41, 5.74) is 1.25. The van der Waals surface area contributed by atoms with E-state index in [0.717, 1.165) is 19.3 Å². The van der Waals surface area contributed by atoms with Gasteiger partial charge in [0, 0.05) is 47.5 Å². The number of alkyl halides is 1. The van der Waals surface area contributed by atoms with Crippen LogP contribution in [0.2, 0.25) is 0 Å². The number of rotatable bonds is 4. The number of fused-ring (bicyclic) bond motifs is 2. The molecule has 2 unspecified atom stereocenters. The molecule has 3 aromatic rings. The van der Waals surface area contributed by atoms with Crippen LogP contribution >= 0.6 is 0 Å². The Morgan fingerprint density at radius 1 is 1.13 bits per heavy atom. The van der Waals surface area contributed by atoms with Crippen molar-refractivity contribution in [2.24, 2.45) is 0 Å². The zero-order valence-electron chi connectivity index (χ0n) is 16.1. The van der Waals surface area contributed by atoms with Crippen LogP contribution in [0.1, 0.15) is 25.7 Å². The van der Waals surface area contributed by atoms with Crippen molar-refractivity contribution < 1.29 is 18.6 Å². The molecule has 4 atom stereocenters. The van der Waals surface area contributed by atoms with Crippen LogP contribution in [0.4, 0.5) is 8.78 Å². The highest BCUT2D eigenvalue weighted by molar-refractivity contribution is 5.74. The van der Waals surface area contributed by atoms with Crippen molar-refractivity contribution in [2.75, 3.05) is 0 Å². The lowest BCUT2D eigenvalue weighted by atomic mass is 9.84. The first kappa shape index (κ1) is 18.9. The SMILES string of the molecule is Oc1cc(-c2cn[nH]c2)c(F)cc1-c1ccc(O[C@@H]2CC3CCCC(N3)[C@@H]2F)nn1. The number of hydrogen-bond donors (Lipinski definition) is 3. The lowest BCUT2D eigenvalue weighted by Crippen LogP contribution is -2.59. The smallest absolute Gasteiger partial charge is 0.233 e. The van der Waals surface area contributed by atoms with Gasteiger partial charge in [-0.25, -0.2) is 8.78 Å². The van der Waals surface area contributed by atoms with Gasteiger partial charge >= 0.3 is 0 Å². The fraction of sp³-hybridized carbons (Fsp3) is 0.381. The van der Waals surface area contributed by atoms with Gasteiger partial charge in [0.15, 0.2) is 6.17 Å². The second-order valence-corrected chi connectivity index (χ2v) is 7.83. The predicted molar refractivity (Wildman–Crippen MR) is 105 cm³/mol. The summed E-state index contributed by atoms with van der Waals surface area (Å²) in [5.74, 6) is -0.445. The minimum Gasteiger partial charge on any atom is -0.507 e. The van der Waals surface area contributed by atoms with E-state index in [-0.39, 0.29) is 40.5 Å². The molecule has 0 aliphatic carbocycles. The largest absolute Gasteiger partial charge is 0.507 e. The number of H-pyrrole nitrogens is 1. The van der Waals surface area contributed by atoms with Gasteiger partial charge in [-0.05, 0) is 31.0 Å². The highest BCUT2D eigenvalue weighted by atomic mass is 19.1. The maximum absolute atomic E-state index is 14.7.